The molecule has 5 rings (SSSR count). The minimum absolute atomic E-state index is 0. The molecule has 0 nitrogen and oxygen atoms in total. The van der Waals surface area contributed by atoms with E-state index in [1.165, 1.54) is 64.6 Å². The summed E-state index contributed by atoms with van der Waals surface area (Å²) in [5, 5.41) is 0. The van der Waals surface area contributed by atoms with Gasteiger partial charge in [0.1, 0.15) is 0 Å². The molecule has 41 heavy (non-hydrogen) atoms. The second-order valence-electron chi connectivity index (χ2n) is 12.6. The van der Waals surface area contributed by atoms with Gasteiger partial charge in [-0.25, -0.2) is 12.1 Å². The van der Waals surface area contributed by atoms with Gasteiger partial charge in [0.2, 0.25) is 0 Å². The molecule has 0 amide bonds. The van der Waals surface area contributed by atoms with Crippen LogP contribution in [0.2, 0.25) is 0 Å². The molecule has 0 saturated carbocycles. The average Bonchev–Trinajstić information content (AvgIpc) is 3.58. The van der Waals surface area contributed by atoms with Crippen LogP contribution in [-0.2, 0) is 47.9 Å². The summed E-state index contributed by atoms with van der Waals surface area (Å²) in [6.45, 7) is 15.9. The van der Waals surface area contributed by atoms with Crippen molar-refractivity contribution >= 4 is 3.21 Å². The molecule has 0 aromatic heterocycles. The molecule has 0 fully saturated rings. The molecule has 0 unspecified atom stereocenters. The van der Waals surface area contributed by atoms with Crippen molar-refractivity contribution < 1.29 is 49.0 Å². The first kappa shape index (κ1) is 37.4. The minimum Gasteiger partial charge on any atom is -1.00 e. The van der Waals surface area contributed by atoms with Gasteiger partial charge in [-0.2, -0.15) is 42.0 Å². The van der Waals surface area contributed by atoms with Crippen LogP contribution >= 0.6 is 0 Å². The average molecular weight is 665 g/mol. The summed E-state index contributed by atoms with van der Waals surface area (Å²) in [4.78, 5) is 0. The van der Waals surface area contributed by atoms with Crippen molar-refractivity contribution in [1.29, 1.82) is 0 Å². The number of hydrogen-bond donors (Lipinski definition) is 0. The molecule has 1 aliphatic carbocycles. The molecule has 0 atom stereocenters. The van der Waals surface area contributed by atoms with Crippen LogP contribution in [0.3, 0.4) is 0 Å². The van der Waals surface area contributed by atoms with Gasteiger partial charge < -0.3 is 24.8 Å². The molecule has 0 spiro atoms. The Hall–Kier alpha value is -1.66. The topological polar surface area (TPSA) is 0 Å². The molecule has 1 aliphatic rings. The SMILES string of the molecule is CC(C)(C)c1[c-]c2c(cc1)-c1ccc(C(C)(C)C)cc1C2.CCCC[C](=[Zr+2])Cc1ccccc1.[Cl-].[Cl-].c1cc[cH-]c1. The first-order chi connectivity index (χ1) is 18.5. The van der Waals surface area contributed by atoms with Crippen LogP contribution < -0.4 is 24.8 Å². The Kier molecular flexibility index (Phi) is 15.9. The van der Waals surface area contributed by atoms with Gasteiger partial charge in [0.15, 0.2) is 0 Å². The third-order valence-corrected chi connectivity index (χ3v) is 8.16. The first-order valence-electron chi connectivity index (χ1n) is 14.5. The largest absolute Gasteiger partial charge is 1.00 e. The molecule has 0 radical (unpaired) electrons. The van der Waals surface area contributed by atoms with Crippen molar-refractivity contribution in [2.24, 2.45) is 0 Å². The second-order valence-corrected chi connectivity index (χ2v) is 14.4. The van der Waals surface area contributed by atoms with Crippen LogP contribution in [0.1, 0.15) is 95.5 Å². The Morgan fingerprint density at radius 2 is 1.44 bits per heavy atom. The van der Waals surface area contributed by atoms with Gasteiger partial charge >= 0.3 is 95.9 Å². The molecule has 4 aromatic rings. The monoisotopic (exact) mass is 662 g/mol. The van der Waals surface area contributed by atoms with Crippen LogP contribution in [0.5, 0.6) is 0 Å². The van der Waals surface area contributed by atoms with E-state index in [4.69, 9.17) is 0 Å². The maximum Gasteiger partial charge on any atom is -0.172 e. The molecular weight excluding hydrogens is 619 g/mol. The fourth-order valence-electron chi connectivity index (χ4n) is 4.67. The van der Waals surface area contributed by atoms with E-state index in [1.807, 2.05) is 30.3 Å². The summed E-state index contributed by atoms with van der Waals surface area (Å²) in [6, 6.07) is 35.9. The number of unbranched alkanes of at least 4 members (excludes halogenated alkanes) is 1. The molecule has 218 valence electrons. The minimum atomic E-state index is 0. The van der Waals surface area contributed by atoms with Crippen molar-refractivity contribution in [1.82, 2.24) is 0 Å². The number of rotatable bonds is 5. The van der Waals surface area contributed by atoms with Crippen LogP contribution in [-0.4, -0.2) is 3.21 Å². The van der Waals surface area contributed by atoms with E-state index < -0.39 is 0 Å². The van der Waals surface area contributed by atoms with Gasteiger partial charge in [0.25, 0.3) is 0 Å². The van der Waals surface area contributed by atoms with Crippen LogP contribution in [0, 0.1) is 6.07 Å². The molecule has 0 bridgehead atoms. The fourth-order valence-corrected chi connectivity index (χ4v) is 5.61. The molecule has 0 saturated heterocycles. The summed E-state index contributed by atoms with van der Waals surface area (Å²) in [7, 11) is 0. The number of hydrogen-bond acceptors (Lipinski definition) is 0. The van der Waals surface area contributed by atoms with Crippen molar-refractivity contribution in [3.8, 4) is 11.1 Å². The Bertz CT molecular complexity index is 1230. The third kappa shape index (κ3) is 11.9. The number of halogens is 2. The predicted octanol–water partition coefficient (Wildman–Crippen LogP) is 4.20. The summed E-state index contributed by atoms with van der Waals surface area (Å²) in [5.74, 6) is 0. The van der Waals surface area contributed by atoms with Crippen molar-refractivity contribution in [2.45, 2.75) is 91.4 Å². The molecule has 4 aromatic carbocycles. The molecule has 0 aliphatic heterocycles. The van der Waals surface area contributed by atoms with Gasteiger partial charge in [0.05, 0.1) is 0 Å². The zero-order valence-electron chi connectivity index (χ0n) is 26.0. The quantitative estimate of drug-likeness (QED) is 0.247. The maximum absolute atomic E-state index is 3.67. The number of fused-ring (bicyclic) bond motifs is 3. The molecule has 0 heterocycles. The fraction of sp³-hybridized carbons (Fsp3) is 0.368. The zero-order chi connectivity index (χ0) is 28.5. The van der Waals surface area contributed by atoms with Gasteiger partial charge in [-0.15, -0.1) is 11.1 Å². The van der Waals surface area contributed by atoms with E-state index in [1.54, 1.807) is 27.4 Å². The van der Waals surface area contributed by atoms with Crippen LogP contribution in [0.25, 0.3) is 11.1 Å². The van der Waals surface area contributed by atoms with E-state index in [2.05, 4.69) is 115 Å². The first-order valence-corrected chi connectivity index (χ1v) is 15.7. The third-order valence-electron chi connectivity index (χ3n) is 7.11. The van der Waals surface area contributed by atoms with Crippen molar-refractivity contribution in [2.75, 3.05) is 0 Å². The van der Waals surface area contributed by atoms with Gasteiger partial charge in [-0.05, 0) is 28.4 Å². The van der Waals surface area contributed by atoms with Gasteiger partial charge in [-0.1, -0.05) is 65.3 Å². The van der Waals surface area contributed by atoms with Crippen LogP contribution in [0.4, 0.5) is 0 Å². The summed E-state index contributed by atoms with van der Waals surface area (Å²) >= 11 is 1.61. The van der Waals surface area contributed by atoms with Gasteiger partial charge in [0, 0.05) is 0 Å². The molecule has 3 heteroatoms. The van der Waals surface area contributed by atoms with E-state index in [9.17, 15) is 0 Å². The van der Waals surface area contributed by atoms with Crippen molar-refractivity contribution in [3.63, 3.8) is 0 Å². The Morgan fingerprint density at radius 1 is 0.805 bits per heavy atom. The zero-order valence-corrected chi connectivity index (χ0v) is 29.9. The van der Waals surface area contributed by atoms with E-state index in [0.29, 0.717) is 0 Å². The smallest absolute Gasteiger partial charge is 0.172 e. The van der Waals surface area contributed by atoms with E-state index >= 15 is 0 Å². The number of benzene rings is 3. The Labute approximate surface area is 277 Å². The maximum atomic E-state index is 3.67. The van der Waals surface area contributed by atoms with E-state index in [0.717, 1.165) is 6.42 Å². The molecule has 0 N–H and O–H groups in total. The predicted molar refractivity (Wildman–Crippen MR) is 168 cm³/mol. The molecular formula is C38H46Cl2Zr-2. The Balaban J connectivity index is 0.000000359. The summed E-state index contributed by atoms with van der Waals surface area (Å²) in [6.07, 6.45) is 6.21. The second kappa shape index (κ2) is 17.5. The van der Waals surface area contributed by atoms with Crippen LogP contribution in [0.15, 0.2) is 91.0 Å². The van der Waals surface area contributed by atoms with Crippen molar-refractivity contribution in [3.05, 3.63) is 125 Å². The normalized spacial score (nSPS) is 11.3. The summed E-state index contributed by atoms with van der Waals surface area (Å²) in [5.41, 5.74) is 10.2. The van der Waals surface area contributed by atoms with Gasteiger partial charge in [-0.3, -0.25) is 0 Å². The Morgan fingerprint density at radius 3 is 1.98 bits per heavy atom. The summed E-state index contributed by atoms with van der Waals surface area (Å²) < 4.78 is 1.69. The van der Waals surface area contributed by atoms with E-state index in [-0.39, 0.29) is 35.6 Å². The standard InChI is InChI=1S/C21H25.C12H16.C5H5.2ClH.Zr/c1-20(2,3)16-7-9-18-14(12-16)11-15-13-17(21(4,5)6)8-10-19(15)18;1-2-3-4-6-9-12-10-7-5-8-11-12;1-2-4-5-3-1;;;/h7-10,12H,11H2,1-6H3;5,7-8,10-11H,2-4,9H2,1H3;1-5H;2*1H;/q-1;;-1;;;+2/p-2.